The Labute approximate surface area is 98.6 Å². The fourth-order valence-electron chi connectivity index (χ4n) is 1.36. The van der Waals surface area contributed by atoms with Gasteiger partial charge in [-0.05, 0) is 17.7 Å². The first-order valence-corrected chi connectivity index (χ1v) is 4.66. The molecule has 0 aliphatic heterocycles. The van der Waals surface area contributed by atoms with E-state index in [9.17, 15) is 27.5 Å². The Hall–Kier alpha value is -1.67. The molecule has 0 heterocycles. The van der Waals surface area contributed by atoms with Crippen LogP contribution in [-0.4, -0.2) is 22.2 Å². The third-order valence-corrected chi connectivity index (χ3v) is 2.23. The third-order valence-electron chi connectivity index (χ3n) is 2.23. The number of rotatable bonds is 3. The number of carbonyl (C=O) groups excluding carboxylic acids is 1. The molecule has 8 heteroatoms. The lowest BCUT2D eigenvalue weighted by Gasteiger charge is -2.20. The first-order valence-electron chi connectivity index (χ1n) is 4.66. The molecule has 1 amide bonds. The number of hydrogen-bond acceptors (Lipinski definition) is 3. The average Bonchev–Trinajstić information content (AvgIpc) is 2.25. The largest absolute Gasteiger partial charge is 0.416 e. The molecule has 0 radical (unpaired) electrons. The van der Waals surface area contributed by atoms with Gasteiger partial charge in [0.05, 0.1) is 5.56 Å². The second-order valence-electron chi connectivity index (χ2n) is 3.52. The Bertz CT molecular complexity index is 461. The summed E-state index contributed by atoms with van der Waals surface area (Å²) >= 11 is 0. The molecule has 1 rings (SSSR count). The molecule has 18 heavy (non-hydrogen) atoms. The summed E-state index contributed by atoms with van der Waals surface area (Å²) in [6.07, 6.45) is -9.33. The number of primary amides is 1. The number of carbonyl (C=O) groups is 1. The molecule has 2 unspecified atom stereocenters. The van der Waals surface area contributed by atoms with Crippen LogP contribution in [0.4, 0.5) is 17.6 Å². The molecule has 0 fully saturated rings. The fraction of sp³-hybridized carbons (Fsp3) is 0.300. The van der Waals surface area contributed by atoms with Crippen molar-refractivity contribution >= 4 is 5.91 Å². The third kappa shape index (κ3) is 2.96. The van der Waals surface area contributed by atoms with Gasteiger partial charge in [0.25, 0.3) is 0 Å². The molecule has 4 N–H and O–H groups in total. The number of nitrogens with two attached hydrogens (primary N) is 1. The Morgan fingerprint density at radius 3 is 2.28 bits per heavy atom. The van der Waals surface area contributed by atoms with Gasteiger partial charge in [-0.15, -0.1) is 0 Å². The van der Waals surface area contributed by atoms with Gasteiger partial charge < -0.3 is 15.9 Å². The highest BCUT2D eigenvalue weighted by atomic mass is 19.4. The summed E-state index contributed by atoms with van der Waals surface area (Å²) in [5, 5.41) is 18.5. The van der Waals surface area contributed by atoms with Crippen LogP contribution >= 0.6 is 0 Å². The van der Waals surface area contributed by atoms with Crippen molar-refractivity contribution in [1.82, 2.24) is 0 Å². The van der Waals surface area contributed by atoms with Crippen molar-refractivity contribution in [2.75, 3.05) is 0 Å². The van der Waals surface area contributed by atoms with Gasteiger partial charge in [0.15, 0.2) is 6.10 Å². The quantitative estimate of drug-likeness (QED) is 0.706. The zero-order valence-corrected chi connectivity index (χ0v) is 8.78. The summed E-state index contributed by atoms with van der Waals surface area (Å²) in [5.41, 5.74) is 2.36. The molecule has 4 nitrogen and oxygen atoms in total. The Morgan fingerprint density at radius 2 is 1.83 bits per heavy atom. The van der Waals surface area contributed by atoms with Crippen molar-refractivity contribution < 1.29 is 32.6 Å². The lowest BCUT2D eigenvalue weighted by Crippen LogP contribution is -2.34. The summed E-state index contributed by atoms with van der Waals surface area (Å²) in [6, 6.07) is 1.46. The van der Waals surface area contributed by atoms with Gasteiger partial charge in [0.1, 0.15) is 11.9 Å². The van der Waals surface area contributed by atoms with Crippen molar-refractivity contribution in [2.45, 2.75) is 18.4 Å². The molecule has 0 saturated heterocycles. The van der Waals surface area contributed by atoms with Crippen molar-refractivity contribution in [3.8, 4) is 0 Å². The van der Waals surface area contributed by atoms with Crippen molar-refractivity contribution in [3.05, 3.63) is 35.1 Å². The zero-order valence-electron chi connectivity index (χ0n) is 8.78. The smallest absolute Gasteiger partial charge is 0.385 e. The van der Waals surface area contributed by atoms with Gasteiger partial charge in [0.2, 0.25) is 5.91 Å². The molecule has 100 valence electrons. The van der Waals surface area contributed by atoms with Crippen LogP contribution in [0.5, 0.6) is 0 Å². The molecule has 1 aromatic rings. The van der Waals surface area contributed by atoms with Crippen LogP contribution in [0.2, 0.25) is 0 Å². The first-order chi connectivity index (χ1) is 8.14. The Kier molecular flexibility index (Phi) is 3.92. The van der Waals surface area contributed by atoms with E-state index in [4.69, 9.17) is 5.11 Å². The minimum Gasteiger partial charge on any atom is -0.385 e. The van der Waals surface area contributed by atoms with Crippen LogP contribution in [0.3, 0.4) is 0 Å². The minimum absolute atomic E-state index is 0.159. The zero-order chi connectivity index (χ0) is 14.1. The summed E-state index contributed by atoms with van der Waals surface area (Å²) in [7, 11) is 0. The molecule has 0 aliphatic carbocycles. The maximum atomic E-state index is 12.8. The highest BCUT2D eigenvalue weighted by molar-refractivity contribution is 5.79. The maximum absolute atomic E-state index is 12.8. The van der Waals surface area contributed by atoms with Crippen molar-refractivity contribution in [2.24, 2.45) is 5.73 Å². The Balaban J connectivity index is 3.28. The minimum atomic E-state index is -4.93. The number of amides is 1. The summed E-state index contributed by atoms with van der Waals surface area (Å²) < 4.78 is 50.5. The number of benzene rings is 1. The summed E-state index contributed by atoms with van der Waals surface area (Å²) in [6.45, 7) is 0. The van der Waals surface area contributed by atoms with Crippen LogP contribution < -0.4 is 5.73 Å². The second-order valence-corrected chi connectivity index (χ2v) is 3.52. The van der Waals surface area contributed by atoms with Crippen molar-refractivity contribution in [3.63, 3.8) is 0 Å². The normalized spacial score (nSPS) is 15.2. The molecule has 0 bridgehead atoms. The van der Waals surface area contributed by atoms with Gasteiger partial charge in [-0.3, -0.25) is 4.79 Å². The van der Waals surface area contributed by atoms with E-state index in [2.05, 4.69) is 5.73 Å². The first kappa shape index (κ1) is 14.4. The lowest BCUT2D eigenvalue weighted by molar-refractivity contribution is -0.142. The molecule has 2 atom stereocenters. The lowest BCUT2D eigenvalue weighted by atomic mass is 9.98. The van der Waals surface area contributed by atoms with Gasteiger partial charge in [-0.2, -0.15) is 13.2 Å². The molecule has 0 saturated carbocycles. The predicted molar refractivity (Wildman–Crippen MR) is 51.6 cm³/mol. The van der Waals surface area contributed by atoms with E-state index in [-0.39, 0.29) is 6.07 Å². The summed E-state index contributed by atoms with van der Waals surface area (Å²) in [5.74, 6) is -2.55. The second kappa shape index (κ2) is 4.91. The molecule has 1 aromatic carbocycles. The van der Waals surface area contributed by atoms with E-state index in [0.29, 0.717) is 12.1 Å². The van der Waals surface area contributed by atoms with E-state index in [1.54, 1.807) is 0 Å². The number of halogens is 4. The number of alkyl halides is 3. The van der Waals surface area contributed by atoms with Crippen LogP contribution in [0.1, 0.15) is 17.2 Å². The van der Waals surface area contributed by atoms with Crippen LogP contribution in [0.15, 0.2) is 18.2 Å². The summed E-state index contributed by atoms with van der Waals surface area (Å²) in [4.78, 5) is 10.6. The molecular weight excluding hydrogens is 258 g/mol. The van der Waals surface area contributed by atoms with Gasteiger partial charge in [0, 0.05) is 0 Å². The topological polar surface area (TPSA) is 83.6 Å². The highest BCUT2D eigenvalue weighted by Crippen LogP contribution is 2.35. The Morgan fingerprint density at radius 1 is 1.28 bits per heavy atom. The molecule has 0 spiro atoms. The maximum Gasteiger partial charge on any atom is 0.416 e. The predicted octanol–water partition coefficient (Wildman–Crippen LogP) is 0.724. The van der Waals surface area contributed by atoms with Gasteiger partial charge >= 0.3 is 6.18 Å². The van der Waals surface area contributed by atoms with E-state index >= 15 is 0 Å². The van der Waals surface area contributed by atoms with E-state index in [1.807, 2.05) is 0 Å². The van der Waals surface area contributed by atoms with Crippen LogP contribution in [0, 0.1) is 5.82 Å². The van der Waals surface area contributed by atoms with E-state index in [0.717, 1.165) is 0 Å². The van der Waals surface area contributed by atoms with Gasteiger partial charge in [-0.25, -0.2) is 4.39 Å². The standard InChI is InChI=1S/C10H9F4NO3/c11-4-1-2-5(6(3-4)10(12,13)14)7(16)8(17)9(15)18/h1-3,7-8,16-17H,(H2,15,18). The molecule has 0 aliphatic rings. The molecular formula is C10H9F4NO3. The van der Waals surface area contributed by atoms with Crippen molar-refractivity contribution in [1.29, 1.82) is 0 Å². The average molecular weight is 267 g/mol. The fourth-order valence-corrected chi connectivity index (χ4v) is 1.36. The van der Waals surface area contributed by atoms with E-state index < -0.39 is 41.2 Å². The number of aliphatic hydroxyl groups excluding tert-OH is 2. The van der Waals surface area contributed by atoms with Crippen LogP contribution in [-0.2, 0) is 11.0 Å². The number of aliphatic hydroxyl groups is 2. The monoisotopic (exact) mass is 267 g/mol. The van der Waals surface area contributed by atoms with Crippen LogP contribution in [0.25, 0.3) is 0 Å². The SMILES string of the molecule is NC(=O)C(O)C(O)c1ccc(F)cc1C(F)(F)F. The van der Waals surface area contributed by atoms with Gasteiger partial charge in [-0.1, -0.05) is 6.07 Å². The molecule has 0 aromatic heterocycles. The highest BCUT2D eigenvalue weighted by Gasteiger charge is 2.37. The number of hydrogen-bond donors (Lipinski definition) is 3. The van der Waals surface area contributed by atoms with E-state index in [1.165, 1.54) is 0 Å².